The Bertz CT molecular complexity index is 1710. The molecule has 2 fully saturated rings. The molecule has 10 atom stereocenters. The molecule has 15 heteroatoms. The Morgan fingerprint density at radius 2 is 0.947 bits per heavy atom. The highest BCUT2D eigenvalue weighted by molar-refractivity contribution is 5.68. The summed E-state index contributed by atoms with van der Waals surface area (Å²) < 4.78 is 67.2. The zero-order valence-corrected chi connectivity index (χ0v) is 32.6. The Hall–Kier alpha value is -4.74. The molecule has 2 heterocycles. The Morgan fingerprint density at radius 3 is 1.46 bits per heavy atom. The minimum absolute atomic E-state index is 0.0404. The van der Waals surface area contributed by atoms with Crippen LogP contribution in [0.5, 0.6) is 0 Å². The van der Waals surface area contributed by atoms with E-state index in [4.69, 9.17) is 52.1 Å². The fourth-order valence-electron chi connectivity index (χ4n) is 6.59. The highest BCUT2D eigenvalue weighted by Gasteiger charge is 2.56. The van der Waals surface area contributed by atoms with E-state index in [1.54, 1.807) is 0 Å². The van der Waals surface area contributed by atoms with Crippen molar-refractivity contribution in [1.29, 1.82) is 0 Å². The molecule has 5 rings (SSSR count). The molecule has 0 radical (unpaired) electrons. The lowest BCUT2D eigenvalue weighted by molar-refractivity contribution is -0.367. The van der Waals surface area contributed by atoms with E-state index >= 15 is 0 Å². The second kappa shape index (κ2) is 21.7. The summed E-state index contributed by atoms with van der Waals surface area (Å²) in [5.41, 5.74) is 2.64. The summed E-state index contributed by atoms with van der Waals surface area (Å²) in [6, 6.07) is 28.5. The number of carbonyl (C=O) groups is 4. The molecule has 3 aromatic carbocycles. The number of esters is 4. The van der Waals surface area contributed by atoms with Crippen LogP contribution >= 0.6 is 0 Å². The summed E-state index contributed by atoms with van der Waals surface area (Å²) in [5.74, 6) is -2.98. The molecule has 10 unspecified atom stereocenters. The van der Waals surface area contributed by atoms with Crippen LogP contribution in [-0.4, -0.2) is 106 Å². The minimum Gasteiger partial charge on any atom is -0.463 e. The van der Waals surface area contributed by atoms with E-state index in [1.165, 1.54) is 14.0 Å². The highest BCUT2D eigenvalue weighted by Crippen LogP contribution is 2.36. The second-order valence-electron chi connectivity index (χ2n) is 13.5. The molecule has 0 spiro atoms. The van der Waals surface area contributed by atoms with Crippen molar-refractivity contribution < 1.29 is 71.3 Å². The normalized spacial score (nSPS) is 27.2. The number of benzene rings is 3. The third-order valence-electron chi connectivity index (χ3n) is 9.03. The predicted octanol–water partition coefficient (Wildman–Crippen LogP) is 4.21. The summed E-state index contributed by atoms with van der Waals surface area (Å²) in [7, 11) is 1.49. The van der Waals surface area contributed by atoms with Crippen LogP contribution in [0, 0.1) is 0 Å². The van der Waals surface area contributed by atoms with Crippen molar-refractivity contribution in [3.05, 3.63) is 108 Å². The Labute approximate surface area is 331 Å². The molecule has 2 aliphatic heterocycles. The SMILES string of the molecule is COC1OC(COCc2ccccc2)C(OC2OC(COC(C)=O)C(OC(C)=O)C(OC(C)=O)C2OC(C)=O)C(OCc2ccccc2)C1OCc1ccccc1. The van der Waals surface area contributed by atoms with Gasteiger partial charge in [-0.3, -0.25) is 19.2 Å². The maximum Gasteiger partial charge on any atom is 0.303 e. The van der Waals surface area contributed by atoms with E-state index in [0.717, 1.165) is 37.5 Å². The van der Waals surface area contributed by atoms with E-state index in [2.05, 4.69) is 0 Å². The summed E-state index contributed by atoms with van der Waals surface area (Å²) in [4.78, 5) is 49.5. The monoisotopic (exact) mass is 794 g/mol. The Kier molecular flexibility index (Phi) is 16.5. The smallest absolute Gasteiger partial charge is 0.303 e. The molecule has 0 saturated carbocycles. The molecule has 2 aliphatic rings. The van der Waals surface area contributed by atoms with Crippen LogP contribution in [0.4, 0.5) is 0 Å². The van der Waals surface area contributed by atoms with Crippen LogP contribution in [0.2, 0.25) is 0 Å². The Morgan fingerprint density at radius 1 is 0.491 bits per heavy atom. The molecule has 0 amide bonds. The van der Waals surface area contributed by atoms with Gasteiger partial charge >= 0.3 is 23.9 Å². The van der Waals surface area contributed by atoms with Crippen molar-refractivity contribution in [1.82, 2.24) is 0 Å². The number of carbonyl (C=O) groups excluding carboxylic acids is 4. The largest absolute Gasteiger partial charge is 0.463 e. The zero-order valence-electron chi connectivity index (χ0n) is 32.6. The van der Waals surface area contributed by atoms with Gasteiger partial charge in [-0.25, -0.2) is 0 Å². The molecule has 0 aliphatic carbocycles. The lowest BCUT2D eigenvalue weighted by Crippen LogP contribution is -2.67. The van der Waals surface area contributed by atoms with E-state index in [1.807, 2.05) is 91.0 Å². The van der Waals surface area contributed by atoms with Crippen molar-refractivity contribution >= 4 is 23.9 Å². The van der Waals surface area contributed by atoms with Crippen molar-refractivity contribution in [2.45, 2.75) is 109 Å². The van der Waals surface area contributed by atoms with Gasteiger partial charge < -0.3 is 52.1 Å². The van der Waals surface area contributed by atoms with Gasteiger partial charge in [-0.05, 0) is 16.7 Å². The highest BCUT2D eigenvalue weighted by atomic mass is 16.8. The number of ether oxygens (including phenoxy) is 11. The van der Waals surface area contributed by atoms with Gasteiger partial charge in [0.05, 0.1) is 26.4 Å². The van der Waals surface area contributed by atoms with E-state index in [-0.39, 0.29) is 26.4 Å². The molecule has 2 saturated heterocycles. The molecule has 3 aromatic rings. The first-order valence-corrected chi connectivity index (χ1v) is 18.6. The van der Waals surface area contributed by atoms with E-state index in [9.17, 15) is 19.2 Å². The van der Waals surface area contributed by atoms with E-state index in [0.29, 0.717) is 0 Å². The average molecular weight is 795 g/mol. The second-order valence-corrected chi connectivity index (χ2v) is 13.5. The molecule has 0 N–H and O–H groups in total. The van der Waals surface area contributed by atoms with Crippen molar-refractivity contribution in [2.75, 3.05) is 20.3 Å². The van der Waals surface area contributed by atoms with Gasteiger partial charge in [-0.2, -0.15) is 0 Å². The van der Waals surface area contributed by atoms with Crippen molar-refractivity contribution in [3.8, 4) is 0 Å². The molecule has 0 bridgehead atoms. The maximum atomic E-state index is 12.7. The van der Waals surface area contributed by atoms with Gasteiger partial charge in [-0.15, -0.1) is 0 Å². The number of methoxy groups -OCH3 is 1. The fourth-order valence-corrected chi connectivity index (χ4v) is 6.59. The van der Waals surface area contributed by atoms with Crippen molar-refractivity contribution in [2.24, 2.45) is 0 Å². The first kappa shape index (κ1) is 43.4. The third-order valence-corrected chi connectivity index (χ3v) is 9.03. The predicted molar refractivity (Wildman–Crippen MR) is 199 cm³/mol. The van der Waals surface area contributed by atoms with E-state index < -0.39 is 91.9 Å². The lowest BCUT2D eigenvalue weighted by atomic mass is 9.96. The van der Waals surface area contributed by atoms with Gasteiger partial charge in [0, 0.05) is 34.8 Å². The van der Waals surface area contributed by atoms with Gasteiger partial charge in [-0.1, -0.05) is 91.0 Å². The minimum atomic E-state index is -1.55. The summed E-state index contributed by atoms with van der Waals surface area (Å²) in [6.45, 7) is 4.65. The molecular weight excluding hydrogens is 744 g/mol. The molecule has 0 aromatic heterocycles. The van der Waals surface area contributed by atoms with Crippen LogP contribution in [-0.2, 0) is 91.1 Å². The van der Waals surface area contributed by atoms with Crippen LogP contribution in [0.15, 0.2) is 91.0 Å². The van der Waals surface area contributed by atoms with Gasteiger partial charge in [0.15, 0.2) is 30.9 Å². The van der Waals surface area contributed by atoms with Crippen LogP contribution in [0.3, 0.4) is 0 Å². The van der Waals surface area contributed by atoms with Crippen LogP contribution < -0.4 is 0 Å². The molecular formula is C42H50O15. The number of hydrogen-bond acceptors (Lipinski definition) is 15. The van der Waals surface area contributed by atoms with Gasteiger partial charge in [0.2, 0.25) is 0 Å². The molecule has 308 valence electrons. The first-order chi connectivity index (χ1) is 27.5. The van der Waals surface area contributed by atoms with Gasteiger partial charge in [0.25, 0.3) is 0 Å². The molecule has 57 heavy (non-hydrogen) atoms. The standard InChI is InChI=1S/C42H50O15/c1-26(43)49-25-34-36(52-27(2)44)38(53-28(3)45)40(54-29(4)46)42(56-34)57-35-33(24-48-21-30-15-9-6-10-16-30)55-41(47-5)39(51-23-32-19-13-8-14-20-32)37(35)50-22-31-17-11-7-12-18-31/h6-20,33-42H,21-25H2,1-5H3. The maximum absolute atomic E-state index is 12.7. The lowest BCUT2D eigenvalue weighted by Gasteiger charge is -2.49. The number of rotatable bonds is 18. The number of hydrogen-bond donors (Lipinski definition) is 0. The summed E-state index contributed by atoms with van der Waals surface area (Å²) in [5, 5.41) is 0. The first-order valence-electron chi connectivity index (χ1n) is 18.6. The quantitative estimate of drug-likeness (QED) is 0.132. The van der Waals surface area contributed by atoms with Crippen molar-refractivity contribution in [3.63, 3.8) is 0 Å². The summed E-state index contributed by atoms with van der Waals surface area (Å²) in [6.07, 6.45) is -12.1. The fraction of sp³-hybridized carbons (Fsp3) is 0.476. The van der Waals surface area contributed by atoms with Gasteiger partial charge in [0.1, 0.15) is 37.1 Å². The third kappa shape index (κ3) is 12.9. The average Bonchev–Trinajstić information content (AvgIpc) is 3.19. The Balaban J connectivity index is 1.56. The van der Waals surface area contributed by atoms with Crippen LogP contribution in [0.25, 0.3) is 0 Å². The molecule has 15 nitrogen and oxygen atoms in total. The summed E-state index contributed by atoms with van der Waals surface area (Å²) >= 11 is 0. The zero-order chi connectivity index (χ0) is 40.7. The topological polar surface area (TPSA) is 170 Å². The van der Waals surface area contributed by atoms with Crippen LogP contribution in [0.1, 0.15) is 44.4 Å².